The van der Waals surface area contributed by atoms with Gasteiger partial charge in [0.15, 0.2) is 0 Å². The minimum absolute atomic E-state index is 0.0831. The van der Waals surface area contributed by atoms with E-state index in [2.05, 4.69) is 33.2 Å². The number of pyridine rings is 2. The monoisotopic (exact) mass is 424 g/mol. The standard InChI is InChI=1S/C23H22F2N4S/c1-23(24,25)21-6-2-15(12-28-21)10-19(26)5-7-22-29-14-20(30-22)17-3-4-18-13-27-9-8-16(18)11-17/h2-4,6,8-9,11-14,19H,5,7,10,26H2,1H3/t19-/m1/s1. The van der Waals surface area contributed by atoms with Crippen molar-refractivity contribution in [2.24, 2.45) is 5.73 Å². The van der Waals surface area contributed by atoms with Crippen LogP contribution in [0.5, 0.6) is 0 Å². The summed E-state index contributed by atoms with van der Waals surface area (Å²) in [5.41, 5.74) is 8.03. The third-order valence-electron chi connectivity index (χ3n) is 4.98. The maximum Gasteiger partial charge on any atom is 0.286 e. The summed E-state index contributed by atoms with van der Waals surface area (Å²) in [5, 5.41) is 3.30. The minimum Gasteiger partial charge on any atom is -0.327 e. The maximum atomic E-state index is 13.3. The number of aromatic nitrogens is 3. The van der Waals surface area contributed by atoms with E-state index in [0.29, 0.717) is 6.42 Å². The number of thiazole rings is 1. The van der Waals surface area contributed by atoms with Gasteiger partial charge in [0, 0.05) is 49.6 Å². The molecular formula is C23H22F2N4S. The van der Waals surface area contributed by atoms with Crippen LogP contribution in [0.25, 0.3) is 21.2 Å². The SMILES string of the molecule is CC(F)(F)c1ccc(C[C@H](N)CCc2ncc(-c3ccc4cnccc4c3)s2)cn1. The molecule has 30 heavy (non-hydrogen) atoms. The van der Waals surface area contributed by atoms with Gasteiger partial charge in [0.2, 0.25) is 0 Å². The molecule has 1 atom stereocenters. The number of alkyl halides is 2. The molecular weight excluding hydrogens is 402 g/mol. The third kappa shape index (κ3) is 4.86. The Kier molecular flexibility index (Phi) is 5.83. The first-order chi connectivity index (χ1) is 14.4. The zero-order chi connectivity index (χ0) is 21.1. The Morgan fingerprint density at radius 3 is 2.67 bits per heavy atom. The molecule has 3 aromatic heterocycles. The normalized spacial score (nSPS) is 12.9. The molecule has 4 rings (SSSR count). The summed E-state index contributed by atoms with van der Waals surface area (Å²) in [6.45, 7) is 0.845. The fourth-order valence-corrected chi connectivity index (χ4v) is 4.24. The van der Waals surface area contributed by atoms with Crippen molar-refractivity contribution in [2.45, 2.75) is 38.2 Å². The van der Waals surface area contributed by atoms with Gasteiger partial charge in [-0.05, 0) is 47.6 Å². The predicted molar refractivity (Wildman–Crippen MR) is 117 cm³/mol. The van der Waals surface area contributed by atoms with Crippen LogP contribution in [-0.4, -0.2) is 21.0 Å². The molecule has 0 aliphatic heterocycles. The second kappa shape index (κ2) is 8.53. The number of aryl methyl sites for hydroxylation is 1. The average Bonchev–Trinajstić information content (AvgIpc) is 3.21. The molecule has 0 radical (unpaired) electrons. The quantitative estimate of drug-likeness (QED) is 0.433. The molecule has 4 nitrogen and oxygen atoms in total. The van der Waals surface area contributed by atoms with Gasteiger partial charge in [-0.2, -0.15) is 8.78 Å². The molecule has 0 aliphatic rings. The van der Waals surface area contributed by atoms with Crippen molar-refractivity contribution in [3.8, 4) is 10.4 Å². The number of nitrogens with zero attached hydrogens (tertiary/aromatic N) is 3. The van der Waals surface area contributed by atoms with Crippen LogP contribution in [0, 0.1) is 0 Å². The van der Waals surface area contributed by atoms with Gasteiger partial charge in [0.05, 0.1) is 9.88 Å². The molecule has 0 spiro atoms. The van der Waals surface area contributed by atoms with Crippen molar-refractivity contribution in [3.63, 3.8) is 0 Å². The molecule has 0 bridgehead atoms. The van der Waals surface area contributed by atoms with E-state index in [9.17, 15) is 8.78 Å². The number of rotatable bonds is 7. The van der Waals surface area contributed by atoms with Crippen LogP contribution < -0.4 is 5.73 Å². The molecule has 0 unspecified atom stereocenters. The number of benzene rings is 1. The van der Waals surface area contributed by atoms with E-state index in [-0.39, 0.29) is 11.7 Å². The second-order valence-electron chi connectivity index (χ2n) is 7.50. The first kappa shape index (κ1) is 20.5. The van der Waals surface area contributed by atoms with Crippen LogP contribution in [0.2, 0.25) is 0 Å². The van der Waals surface area contributed by atoms with Crippen LogP contribution in [0.4, 0.5) is 8.78 Å². The van der Waals surface area contributed by atoms with E-state index < -0.39 is 5.92 Å². The van der Waals surface area contributed by atoms with Crippen LogP contribution in [0.3, 0.4) is 0 Å². The molecule has 0 aliphatic carbocycles. The molecule has 3 heterocycles. The van der Waals surface area contributed by atoms with Crippen molar-refractivity contribution < 1.29 is 8.78 Å². The smallest absolute Gasteiger partial charge is 0.286 e. The Morgan fingerprint density at radius 1 is 1.03 bits per heavy atom. The van der Waals surface area contributed by atoms with Crippen LogP contribution >= 0.6 is 11.3 Å². The molecule has 2 N–H and O–H groups in total. The zero-order valence-electron chi connectivity index (χ0n) is 16.6. The number of hydrogen-bond acceptors (Lipinski definition) is 5. The highest BCUT2D eigenvalue weighted by Gasteiger charge is 2.25. The van der Waals surface area contributed by atoms with E-state index in [1.165, 1.54) is 12.3 Å². The average molecular weight is 425 g/mol. The van der Waals surface area contributed by atoms with E-state index in [1.807, 2.05) is 18.5 Å². The lowest BCUT2D eigenvalue weighted by Gasteiger charge is -2.12. The Hall–Kier alpha value is -2.77. The number of hydrogen-bond donors (Lipinski definition) is 1. The van der Waals surface area contributed by atoms with Crippen LogP contribution in [0.15, 0.2) is 61.2 Å². The number of nitrogens with two attached hydrogens (primary N) is 1. The van der Waals surface area contributed by atoms with E-state index in [1.54, 1.807) is 23.6 Å². The van der Waals surface area contributed by atoms with Crippen molar-refractivity contribution in [3.05, 3.63) is 77.5 Å². The molecule has 0 fully saturated rings. The Morgan fingerprint density at radius 2 is 1.90 bits per heavy atom. The van der Waals surface area contributed by atoms with Crippen molar-refractivity contribution in [1.29, 1.82) is 0 Å². The van der Waals surface area contributed by atoms with Crippen LogP contribution in [-0.2, 0) is 18.8 Å². The lowest BCUT2D eigenvalue weighted by atomic mass is 10.0. The minimum atomic E-state index is -2.93. The summed E-state index contributed by atoms with van der Waals surface area (Å²) in [6, 6.07) is 11.3. The fourth-order valence-electron chi connectivity index (χ4n) is 3.31. The van der Waals surface area contributed by atoms with Gasteiger partial charge in [0.25, 0.3) is 5.92 Å². The topological polar surface area (TPSA) is 64.7 Å². The van der Waals surface area contributed by atoms with Gasteiger partial charge in [-0.25, -0.2) is 4.98 Å². The highest BCUT2D eigenvalue weighted by molar-refractivity contribution is 7.15. The van der Waals surface area contributed by atoms with E-state index in [4.69, 9.17) is 5.73 Å². The Labute approximate surface area is 177 Å². The molecule has 0 saturated carbocycles. The lowest BCUT2D eigenvalue weighted by Crippen LogP contribution is -2.23. The fraction of sp³-hybridized carbons (Fsp3) is 0.261. The molecule has 7 heteroatoms. The number of halogens is 2. The van der Waals surface area contributed by atoms with Gasteiger partial charge in [-0.3, -0.25) is 9.97 Å². The molecule has 1 aromatic carbocycles. The zero-order valence-corrected chi connectivity index (χ0v) is 17.4. The van der Waals surface area contributed by atoms with Crippen molar-refractivity contribution >= 4 is 22.1 Å². The molecule has 0 amide bonds. The van der Waals surface area contributed by atoms with Gasteiger partial charge in [-0.1, -0.05) is 18.2 Å². The van der Waals surface area contributed by atoms with Gasteiger partial charge in [-0.15, -0.1) is 11.3 Å². The summed E-state index contributed by atoms with van der Waals surface area (Å²) in [6.07, 6.45) is 9.19. The summed E-state index contributed by atoms with van der Waals surface area (Å²) >= 11 is 1.67. The third-order valence-corrected chi connectivity index (χ3v) is 6.09. The highest BCUT2D eigenvalue weighted by atomic mass is 32.1. The van der Waals surface area contributed by atoms with E-state index >= 15 is 0 Å². The summed E-state index contributed by atoms with van der Waals surface area (Å²) in [5.74, 6) is -2.93. The molecule has 154 valence electrons. The van der Waals surface area contributed by atoms with Crippen molar-refractivity contribution in [1.82, 2.24) is 15.0 Å². The Bertz CT molecular complexity index is 1140. The first-order valence-electron chi connectivity index (χ1n) is 9.76. The predicted octanol–water partition coefficient (Wildman–Crippen LogP) is 5.37. The van der Waals surface area contributed by atoms with E-state index in [0.717, 1.165) is 51.5 Å². The maximum absolute atomic E-state index is 13.3. The van der Waals surface area contributed by atoms with Gasteiger partial charge < -0.3 is 5.73 Å². The summed E-state index contributed by atoms with van der Waals surface area (Å²) in [7, 11) is 0. The van der Waals surface area contributed by atoms with Crippen molar-refractivity contribution in [2.75, 3.05) is 0 Å². The highest BCUT2D eigenvalue weighted by Crippen LogP contribution is 2.29. The first-order valence-corrected chi connectivity index (χ1v) is 10.6. The molecule has 4 aromatic rings. The van der Waals surface area contributed by atoms with Crippen LogP contribution in [0.1, 0.15) is 29.6 Å². The lowest BCUT2D eigenvalue weighted by molar-refractivity contribution is 0.0127. The summed E-state index contributed by atoms with van der Waals surface area (Å²) < 4.78 is 26.5. The largest absolute Gasteiger partial charge is 0.327 e. The molecule has 0 saturated heterocycles. The Balaban J connectivity index is 1.35. The summed E-state index contributed by atoms with van der Waals surface area (Å²) in [4.78, 5) is 13.7. The second-order valence-corrected chi connectivity index (χ2v) is 8.61. The number of fused-ring (bicyclic) bond motifs is 1. The van der Waals surface area contributed by atoms with Gasteiger partial charge in [0.1, 0.15) is 5.69 Å². The van der Waals surface area contributed by atoms with Gasteiger partial charge >= 0.3 is 0 Å².